The third-order valence-corrected chi connectivity index (χ3v) is 7.11. The monoisotopic (exact) mass is 534 g/mol. The number of amides is 2. The van der Waals surface area contributed by atoms with Gasteiger partial charge in [0, 0.05) is 40.8 Å². The molecule has 0 saturated carbocycles. The largest absolute Gasteiger partial charge is 0.357 e. The molecule has 0 aliphatic carbocycles. The first kappa shape index (κ1) is 26.4. The zero-order chi connectivity index (χ0) is 24.5. The van der Waals surface area contributed by atoms with Crippen molar-refractivity contribution in [3.05, 3.63) is 105 Å². The quantitative estimate of drug-likeness (QED) is 0.333. The first-order valence-electron chi connectivity index (χ1n) is 10.7. The number of hydrogen-bond donors (Lipinski definition) is 1. The lowest BCUT2D eigenvalue weighted by Gasteiger charge is -2.31. The van der Waals surface area contributed by atoms with Crippen molar-refractivity contribution in [1.82, 2.24) is 10.2 Å². The first-order valence-corrected chi connectivity index (χ1v) is 13.0. The van der Waals surface area contributed by atoms with Crippen molar-refractivity contribution in [2.45, 2.75) is 24.8 Å². The van der Waals surface area contributed by atoms with E-state index in [9.17, 15) is 9.59 Å². The molecule has 0 fully saturated rings. The van der Waals surface area contributed by atoms with Crippen LogP contribution in [0.15, 0.2) is 72.8 Å². The van der Waals surface area contributed by atoms with Crippen LogP contribution in [0.1, 0.15) is 16.7 Å². The highest BCUT2D eigenvalue weighted by Gasteiger charge is 2.30. The summed E-state index contributed by atoms with van der Waals surface area (Å²) < 4.78 is 0. The molecule has 0 heterocycles. The summed E-state index contributed by atoms with van der Waals surface area (Å²) in [4.78, 5) is 28.0. The predicted octanol–water partition coefficient (Wildman–Crippen LogP) is 6.27. The number of hydrogen-bond acceptors (Lipinski definition) is 3. The van der Waals surface area contributed by atoms with Gasteiger partial charge >= 0.3 is 0 Å². The lowest BCUT2D eigenvalue weighted by Crippen LogP contribution is -2.50. The predicted molar refractivity (Wildman–Crippen MR) is 143 cm³/mol. The van der Waals surface area contributed by atoms with Gasteiger partial charge in [0.25, 0.3) is 0 Å². The molecule has 0 spiro atoms. The fraction of sp³-hybridized carbons (Fsp3) is 0.231. The summed E-state index contributed by atoms with van der Waals surface area (Å²) in [5.41, 5.74) is 2.76. The van der Waals surface area contributed by atoms with E-state index < -0.39 is 6.04 Å². The van der Waals surface area contributed by atoms with Gasteiger partial charge < -0.3 is 10.2 Å². The normalized spacial score (nSPS) is 11.6. The van der Waals surface area contributed by atoms with E-state index in [4.69, 9.17) is 34.8 Å². The zero-order valence-electron chi connectivity index (χ0n) is 18.6. The molecule has 1 N–H and O–H groups in total. The summed E-state index contributed by atoms with van der Waals surface area (Å²) in [6.07, 6.45) is 0.388. The van der Waals surface area contributed by atoms with Gasteiger partial charge in [0.1, 0.15) is 6.04 Å². The van der Waals surface area contributed by atoms with Crippen LogP contribution in [0.2, 0.25) is 15.1 Å². The number of thioether (sulfide) groups is 1. The fourth-order valence-electron chi connectivity index (χ4n) is 3.47. The average Bonchev–Trinajstić information content (AvgIpc) is 2.83. The Morgan fingerprint density at radius 3 is 2.24 bits per heavy atom. The molecule has 8 heteroatoms. The molecule has 0 saturated heterocycles. The van der Waals surface area contributed by atoms with Crippen molar-refractivity contribution < 1.29 is 9.59 Å². The molecule has 0 aliphatic heterocycles. The standard InChI is InChI=1S/C26H25Cl3N2O2S/c1-30-26(33)24(13-18-5-3-2-4-6-18)31(15-20-9-12-22(28)14-23(20)29)25(32)17-34-16-19-7-10-21(27)11-8-19/h2-12,14,24H,13,15-17H2,1H3,(H,30,33)/t24-/m1/s1. The zero-order valence-corrected chi connectivity index (χ0v) is 21.7. The number of rotatable bonds is 10. The second-order valence-corrected chi connectivity index (χ2v) is 9.96. The van der Waals surface area contributed by atoms with Crippen molar-refractivity contribution in [2.75, 3.05) is 12.8 Å². The van der Waals surface area contributed by atoms with Crippen molar-refractivity contribution in [3.63, 3.8) is 0 Å². The van der Waals surface area contributed by atoms with Crippen LogP contribution < -0.4 is 5.32 Å². The topological polar surface area (TPSA) is 49.4 Å². The number of carbonyl (C=O) groups is 2. The number of benzene rings is 3. The summed E-state index contributed by atoms with van der Waals surface area (Å²) in [6.45, 7) is 0.196. The van der Waals surface area contributed by atoms with Crippen LogP contribution in [-0.2, 0) is 28.3 Å². The highest BCUT2D eigenvalue weighted by molar-refractivity contribution is 7.99. The average molecular weight is 536 g/mol. The Morgan fingerprint density at radius 2 is 1.59 bits per heavy atom. The third-order valence-electron chi connectivity index (χ3n) is 5.28. The molecular weight excluding hydrogens is 511 g/mol. The van der Waals surface area contributed by atoms with E-state index in [-0.39, 0.29) is 24.1 Å². The van der Waals surface area contributed by atoms with Crippen LogP contribution in [0.4, 0.5) is 0 Å². The van der Waals surface area contributed by atoms with Crippen molar-refractivity contribution >= 4 is 58.4 Å². The van der Waals surface area contributed by atoms with E-state index in [0.29, 0.717) is 27.2 Å². The molecule has 0 bridgehead atoms. The summed E-state index contributed by atoms with van der Waals surface area (Å²) in [6, 6.07) is 21.6. The molecule has 3 aromatic carbocycles. The summed E-state index contributed by atoms with van der Waals surface area (Å²) in [7, 11) is 1.58. The van der Waals surface area contributed by atoms with Gasteiger partial charge in [-0.15, -0.1) is 11.8 Å². The summed E-state index contributed by atoms with van der Waals surface area (Å²) in [5.74, 6) is 0.497. The van der Waals surface area contributed by atoms with Gasteiger partial charge in [0.15, 0.2) is 0 Å². The molecule has 2 amide bonds. The maximum atomic E-state index is 13.5. The molecule has 34 heavy (non-hydrogen) atoms. The second-order valence-electron chi connectivity index (χ2n) is 7.70. The molecule has 0 aromatic heterocycles. The molecule has 0 radical (unpaired) electrons. The van der Waals surface area contributed by atoms with Crippen molar-refractivity contribution in [3.8, 4) is 0 Å². The Hall–Kier alpha value is -2.18. The minimum atomic E-state index is -0.692. The number of carbonyl (C=O) groups excluding carboxylic acids is 2. The van der Waals surface area contributed by atoms with E-state index >= 15 is 0 Å². The van der Waals surface area contributed by atoms with Crippen LogP contribution in [0.5, 0.6) is 0 Å². The minimum absolute atomic E-state index is 0.144. The highest BCUT2D eigenvalue weighted by Crippen LogP contribution is 2.25. The first-order chi connectivity index (χ1) is 16.4. The van der Waals surface area contributed by atoms with Gasteiger partial charge in [-0.1, -0.05) is 83.3 Å². The molecule has 0 aliphatic rings. The smallest absolute Gasteiger partial charge is 0.242 e. The van der Waals surface area contributed by atoms with E-state index in [2.05, 4.69) is 5.32 Å². The number of likely N-dealkylation sites (N-methyl/N-ethyl adjacent to an activating group) is 1. The number of halogens is 3. The maximum absolute atomic E-state index is 13.5. The number of nitrogens with zero attached hydrogens (tertiary/aromatic N) is 1. The van der Waals surface area contributed by atoms with E-state index in [0.717, 1.165) is 16.7 Å². The Labute approximate surface area is 219 Å². The molecule has 178 valence electrons. The fourth-order valence-corrected chi connectivity index (χ4v) is 4.94. The van der Waals surface area contributed by atoms with Gasteiger partial charge in [0.2, 0.25) is 11.8 Å². The van der Waals surface area contributed by atoms with Crippen molar-refractivity contribution in [2.24, 2.45) is 0 Å². The molecule has 3 aromatic rings. The Morgan fingerprint density at radius 1 is 0.912 bits per heavy atom. The highest BCUT2D eigenvalue weighted by atomic mass is 35.5. The third kappa shape index (κ3) is 7.67. The van der Waals surface area contributed by atoms with Crippen LogP contribution in [0.3, 0.4) is 0 Å². The Bertz CT molecular complexity index is 1110. The van der Waals surface area contributed by atoms with E-state index in [1.807, 2.05) is 54.6 Å². The molecular formula is C26H25Cl3N2O2S. The van der Waals surface area contributed by atoms with Crippen molar-refractivity contribution in [1.29, 1.82) is 0 Å². The van der Waals surface area contributed by atoms with Gasteiger partial charge in [-0.3, -0.25) is 9.59 Å². The Kier molecular flexibility index (Phi) is 10.1. The van der Waals surface area contributed by atoms with Crippen LogP contribution in [-0.4, -0.2) is 35.6 Å². The second kappa shape index (κ2) is 13.1. The van der Waals surface area contributed by atoms with Gasteiger partial charge in [-0.25, -0.2) is 0 Å². The Balaban J connectivity index is 1.83. The summed E-state index contributed by atoms with van der Waals surface area (Å²) in [5, 5.41) is 4.35. The lowest BCUT2D eigenvalue weighted by atomic mass is 10.0. The van der Waals surface area contributed by atoms with E-state index in [1.165, 1.54) is 11.8 Å². The molecule has 0 unspecified atom stereocenters. The van der Waals surface area contributed by atoms with Gasteiger partial charge in [-0.2, -0.15) is 0 Å². The van der Waals surface area contributed by atoms with Crippen LogP contribution >= 0.6 is 46.6 Å². The van der Waals surface area contributed by atoms with E-state index in [1.54, 1.807) is 30.1 Å². The molecule has 4 nitrogen and oxygen atoms in total. The molecule has 1 atom stereocenters. The van der Waals surface area contributed by atoms with Crippen LogP contribution in [0.25, 0.3) is 0 Å². The SMILES string of the molecule is CNC(=O)[C@@H](Cc1ccccc1)N(Cc1ccc(Cl)cc1Cl)C(=O)CSCc1ccc(Cl)cc1. The number of nitrogens with one attached hydrogen (secondary N) is 1. The molecule has 3 rings (SSSR count). The maximum Gasteiger partial charge on any atom is 0.242 e. The van der Waals surface area contributed by atoms with Gasteiger partial charge in [0.05, 0.1) is 5.75 Å². The summed E-state index contributed by atoms with van der Waals surface area (Å²) >= 11 is 19.9. The van der Waals surface area contributed by atoms with Crippen LogP contribution in [0, 0.1) is 0 Å². The lowest BCUT2D eigenvalue weighted by molar-refractivity contribution is -0.139. The minimum Gasteiger partial charge on any atom is -0.357 e. The van der Waals surface area contributed by atoms with Gasteiger partial charge in [-0.05, 0) is 41.0 Å².